The number of fused-ring (bicyclic) bond motifs is 1. The molecule has 0 radical (unpaired) electrons. The molecule has 3 rings (SSSR count). The molecule has 1 amide bonds. The lowest BCUT2D eigenvalue weighted by Crippen LogP contribution is -2.30. The smallest absolute Gasteiger partial charge is 0.349 e. The Kier molecular flexibility index (Phi) is 5.56. The van der Waals surface area contributed by atoms with E-state index < -0.39 is 18.0 Å². The molecule has 4 nitrogen and oxygen atoms in total. The summed E-state index contributed by atoms with van der Waals surface area (Å²) in [5.74, 6) is -1.12. The van der Waals surface area contributed by atoms with Crippen LogP contribution in [0, 0.1) is 5.82 Å². The van der Waals surface area contributed by atoms with Crippen LogP contribution in [0.3, 0.4) is 0 Å². The third-order valence-corrected chi connectivity index (χ3v) is 5.27. The van der Waals surface area contributed by atoms with Crippen LogP contribution in [-0.4, -0.2) is 18.0 Å². The molecule has 0 saturated carbocycles. The van der Waals surface area contributed by atoms with Crippen molar-refractivity contribution in [3.8, 4) is 0 Å². The molecule has 0 spiro atoms. The Morgan fingerprint density at radius 1 is 1.07 bits per heavy atom. The van der Waals surface area contributed by atoms with E-state index in [1.165, 1.54) is 30.4 Å². The quantitative estimate of drug-likeness (QED) is 0.603. The van der Waals surface area contributed by atoms with Crippen molar-refractivity contribution in [2.24, 2.45) is 0 Å². The van der Waals surface area contributed by atoms with Crippen LogP contribution >= 0.6 is 11.3 Å². The lowest BCUT2D eigenvalue weighted by molar-refractivity contribution is -0.123. The number of para-hydroxylation sites is 1. The van der Waals surface area contributed by atoms with Crippen molar-refractivity contribution in [3.63, 3.8) is 0 Å². The Hall–Kier alpha value is -2.73. The number of nitrogens with one attached hydrogen (secondary N) is 1. The fourth-order valence-corrected chi connectivity index (χ4v) is 3.66. The molecule has 0 aliphatic rings. The minimum Gasteiger partial charge on any atom is -0.448 e. The van der Waals surface area contributed by atoms with E-state index in [9.17, 15) is 14.0 Å². The van der Waals surface area contributed by atoms with Crippen molar-refractivity contribution >= 4 is 39.0 Å². The van der Waals surface area contributed by atoms with Gasteiger partial charge < -0.3 is 10.1 Å². The normalized spacial score (nSPS) is 12.2. The predicted octanol–water partition coefficient (Wildman–Crippen LogP) is 5.35. The van der Waals surface area contributed by atoms with Crippen molar-refractivity contribution < 1.29 is 18.7 Å². The molecular weight excluding hydrogens is 365 g/mol. The van der Waals surface area contributed by atoms with Crippen LogP contribution in [0.5, 0.6) is 0 Å². The van der Waals surface area contributed by atoms with Gasteiger partial charge in [-0.15, -0.1) is 11.3 Å². The monoisotopic (exact) mass is 385 g/mol. The predicted molar refractivity (Wildman–Crippen MR) is 106 cm³/mol. The number of hydrogen-bond acceptors (Lipinski definition) is 4. The second-order valence-electron chi connectivity index (χ2n) is 6.57. The highest BCUT2D eigenvalue weighted by Crippen LogP contribution is 2.27. The first-order valence-electron chi connectivity index (χ1n) is 8.65. The maximum atomic E-state index is 13.3. The van der Waals surface area contributed by atoms with E-state index in [1.54, 1.807) is 12.1 Å². The number of esters is 1. The van der Waals surface area contributed by atoms with Gasteiger partial charge in [0.2, 0.25) is 0 Å². The van der Waals surface area contributed by atoms with Gasteiger partial charge in [-0.05, 0) is 54.1 Å². The summed E-state index contributed by atoms with van der Waals surface area (Å²) in [6, 6.07) is 13.4. The van der Waals surface area contributed by atoms with Crippen molar-refractivity contribution in [1.29, 1.82) is 0 Å². The summed E-state index contributed by atoms with van der Waals surface area (Å²) in [7, 11) is 0. The summed E-state index contributed by atoms with van der Waals surface area (Å²) in [5.41, 5.74) is 1.72. The molecular formula is C21H20FNO3S. The molecule has 0 saturated heterocycles. The van der Waals surface area contributed by atoms with Gasteiger partial charge in [-0.1, -0.05) is 32.0 Å². The van der Waals surface area contributed by atoms with Crippen LogP contribution in [-0.2, 0) is 9.53 Å². The number of carbonyl (C=O) groups excluding carboxylic acids is 2. The van der Waals surface area contributed by atoms with Gasteiger partial charge in [0, 0.05) is 10.4 Å². The van der Waals surface area contributed by atoms with Crippen LogP contribution < -0.4 is 5.32 Å². The molecule has 1 atom stereocenters. The molecule has 140 valence electrons. The van der Waals surface area contributed by atoms with Crippen LogP contribution in [0.4, 0.5) is 10.1 Å². The number of amides is 1. The van der Waals surface area contributed by atoms with Gasteiger partial charge in [0.1, 0.15) is 10.7 Å². The maximum absolute atomic E-state index is 13.3. The number of carbonyl (C=O) groups is 2. The number of halogens is 1. The topological polar surface area (TPSA) is 55.4 Å². The van der Waals surface area contributed by atoms with Crippen molar-refractivity contribution in [2.45, 2.75) is 32.8 Å². The van der Waals surface area contributed by atoms with E-state index in [-0.39, 0.29) is 11.7 Å². The van der Waals surface area contributed by atoms with Gasteiger partial charge in [0.25, 0.3) is 5.91 Å². The summed E-state index contributed by atoms with van der Waals surface area (Å²) in [5, 5.41) is 3.45. The molecule has 27 heavy (non-hydrogen) atoms. The van der Waals surface area contributed by atoms with Gasteiger partial charge in [-0.2, -0.15) is 0 Å². The summed E-state index contributed by atoms with van der Waals surface area (Å²) < 4.78 is 19.4. The SMILES string of the molecule is CC(C)c1ccccc1NC(=O)[C@@H](C)OC(=O)c1cc2cc(F)ccc2s1. The van der Waals surface area contributed by atoms with Gasteiger partial charge in [0.05, 0.1) is 0 Å². The summed E-state index contributed by atoms with van der Waals surface area (Å²) in [6.07, 6.45) is -0.959. The molecule has 3 aromatic rings. The highest BCUT2D eigenvalue weighted by molar-refractivity contribution is 7.20. The van der Waals surface area contributed by atoms with E-state index in [0.717, 1.165) is 10.3 Å². The number of ether oxygens (including phenoxy) is 1. The van der Waals surface area contributed by atoms with Gasteiger partial charge in [-0.25, -0.2) is 9.18 Å². The molecule has 2 aromatic carbocycles. The molecule has 0 fully saturated rings. The fraction of sp³-hybridized carbons (Fsp3) is 0.238. The second kappa shape index (κ2) is 7.88. The largest absolute Gasteiger partial charge is 0.448 e. The highest BCUT2D eigenvalue weighted by atomic mass is 32.1. The summed E-state index contributed by atoms with van der Waals surface area (Å²) >= 11 is 1.21. The third-order valence-electron chi connectivity index (χ3n) is 4.17. The summed E-state index contributed by atoms with van der Waals surface area (Å²) in [4.78, 5) is 25.1. The molecule has 0 unspecified atom stereocenters. The maximum Gasteiger partial charge on any atom is 0.349 e. The van der Waals surface area contributed by atoms with Gasteiger partial charge in [0.15, 0.2) is 6.10 Å². The Labute approximate surface area is 161 Å². The number of anilines is 1. The first-order valence-corrected chi connectivity index (χ1v) is 9.46. The number of benzene rings is 2. The zero-order chi connectivity index (χ0) is 19.6. The number of rotatable bonds is 5. The minimum atomic E-state index is -0.959. The summed E-state index contributed by atoms with van der Waals surface area (Å²) in [6.45, 7) is 5.61. The fourth-order valence-electron chi connectivity index (χ4n) is 2.74. The van der Waals surface area contributed by atoms with Gasteiger partial charge >= 0.3 is 5.97 Å². The first-order chi connectivity index (χ1) is 12.8. The van der Waals surface area contributed by atoms with Crippen molar-refractivity contribution in [2.75, 3.05) is 5.32 Å². The second-order valence-corrected chi connectivity index (χ2v) is 7.66. The number of thiophene rings is 1. The van der Waals surface area contributed by atoms with Crippen molar-refractivity contribution in [1.82, 2.24) is 0 Å². The van der Waals surface area contributed by atoms with Crippen LogP contribution in [0.15, 0.2) is 48.5 Å². The molecule has 0 aliphatic heterocycles. The van der Waals surface area contributed by atoms with E-state index in [1.807, 2.05) is 38.1 Å². The average molecular weight is 385 g/mol. The minimum absolute atomic E-state index is 0.248. The molecule has 1 N–H and O–H groups in total. The zero-order valence-corrected chi connectivity index (χ0v) is 16.1. The van der Waals surface area contributed by atoms with E-state index in [2.05, 4.69) is 5.32 Å². The zero-order valence-electron chi connectivity index (χ0n) is 15.3. The average Bonchev–Trinajstić information content (AvgIpc) is 3.05. The molecule has 1 aromatic heterocycles. The van der Waals surface area contributed by atoms with Crippen molar-refractivity contribution in [3.05, 3.63) is 64.8 Å². The Morgan fingerprint density at radius 3 is 2.56 bits per heavy atom. The van der Waals surface area contributed by atoms with E-state index in [4.69, 9.17) is 4.74 Å². The molecule has 0 aliphatic carbocycles. The standard InChI is InChI=1S/C21H20FNO3S/c1-12(2)16-6-4-5-7-17(16)23-20(24)13(3)26-21(25)19-11-14-10-15(22)8-9-18(14)27-19/h4-13H,1-3H3,(H,23,24)/t13-/m1/s1. The molecule has 0 bridgehead atoms. The molecule has 1 heterocycles. The van der Waals surface area contributed by atoms with Crippen LogP contribution in [0.1, 0.15) is 41.9 Å². The van der Waals surface area contributed by atoms with Crippen LogP contribution in [0.2, 0.25) is 0 Å². The Morgan fingerprint density at radius 2 is 1.81 bits per heavy atom. The lowest BCUT2D eigenvalue weighted by atomic mass is 10.0. The Balaban J connectivity index is 1.69. The van der Waals surface area contributed by atoms with Gasteiger partial charge in [-0.3, -0.25) is 4.79 Å². The highest BCUT2D eigenvalue weighted by Gasteiger charge is 2.21. The number of hydrogen-bond donors (Lipinski definition) is 1. The molecule has 6 heteroatoms. The first kappa shape index (κ1) is 19.0. The lowest BCUT2D eigenvalue weighted by Gasteiger charge is -2.16. The van der Waals surface area contributed by atoms with Crippen LogP contribution in [0.25, 0.3) is 10.1 Å². The van der Waals surface area contributed by atoms with E-state index in [0.29, 0.717) is 16.0 Å². The third kappa shape index (κ3) is 4.34. The van der Waals surface area contributed by atoms with E-state index >= 15 is 0 Å². The Bertz CT molecular complexity index is 996.